The second kappa shape index (κ2) is 8.29. The van der Waals surface area contributed by atoms with Crippen molar-refractivity contribution in [2.45, 2.75) is 16.5 Å². The van der Waals surface area contributed by atoms with Gasteiger partial charge < -0.3 is 4.74 Å². The predicted octanol–water partition coefficient (Wildman–Crippen LogP) is 3.49. The maximum absolute atomic E-state index is 12.9. The number of carbonyl (C=O) groups excluding carboxylic acids is 1. The molecule has 4 rings (SSSR count). The number of sulfone groups is 1. The summed E-state index contributed by atoms with van der Waals surface area (Å²) < 4.78 is 30.5. The SMILES string of the molecule is COc1ccnc2c(C(=O)Cc3nnc(S(=O)(=O)Cc4ccccc4)s3)cccc12. The summed E-state index contributed by atoms with van der Waals surface area (Å²) in [5.74, 6) is 0.244. The number of hydrogen-bond donors (Lipinski definition) is 0. The van der Waals surface area contributed by atoms with E-state index in [1.165, 1.54) is 0 Å². The number of nitrogens with zero attached hydrogens (tertiary/aromatic N) is 3. The van der Waals surface area contributed by atoms with Crippen LogP contribution in [0.25, 0.3) is 10.9 Å². The molecule has 0 unspecified atom stereocenters. The van der Waals surface area contributed by atoms with Crippen LogP contribution in [0.4, 0.5) is 0 Å². The Hall–Kier alpha value is -3.17. The predicted molar refractivity (Wildman–Crippen MR) is 114 cm³/mol. The van der Waals surface area contributed by atoms with Gasteiger partial charge in [-0.25, -0.2) is 8.42 Å². The number of aromatic nitrogens is 3. The van der Waals surface area contributed by atoms with Crippen LogP contribution in [0, 0.1) is 0 Å². The van der Waals surface area contributed by atoms with E-state index in [-0.39, 0.29) is 22.3 Å². The molecule has 0 fully saturated rings. The standard InChI is InChI=1S/C21H17N3O4S2/c1-28-18-10-11-22-20-15(8-5-9-16(18)20)17(25)12-19-23-24-21(29-19)30(26,27)13-14-6-3-2-4-7-14/h2-11H,12-13H2,1H3. The number of ether oxygens (including phenoxy) is 1. The molecule has 0 N–H and O–H groups in total. The van der Waals surface area contributed by atoms with Gasteiger partial charge in [0.05, 0.1) is 24.8 Å². The van der Waals surface area contributed by atoms with E-state index in [0.29, 0.717) is 27.4 Å². The number of hydrogen-bond acceptors (Lipinski definition) is 8. The minimum Gasteiger partial charge on any atom is -0.496 e. The Morgan fingerprint density at radius 1 is 1.03 bits per heavy atom. The van der Waals surface area contributed by atoms with Gasteiger partial charge in [-0.3, -0.25) is 9.78 Å². The van der Waals surface area contributed by atoms with Crippen molar-refractivity contribution in [3.05, 3.63) is 76.9 Å². The van der Waals surface area contributed by atoms with Crippen molar-refractivity contribution in [1.82, 2.24) is 15.2 Å². The Balaban J connectivity index is 1.57. The highest BCUT2D eigenvalue weighted by Gasteiger charge is 2.22. The van der Waals surface area contributed by atoms with Crippen molar-refractivity contribution in [3.8, 4) is 5.75 Å². The van der Waals surface area contributed by atoms with Gasteiger partial charge in [0.2, 0.25) is 14.2 Å². The number of pyridine rings is 1. The van der Waals surface area contributed by atoms with Crippen molar-refractivity contribution >= 4 is 37.9 Å². The number of Topliss-reactive ketones (excluding diaryl/α,β-unsaturated/α-hetero) is 1. The highest BCUT2D eigenvalue weighted by atomic mass is 32.2. The largest absolute Gasteiger partial charge is 0.496 e. The summed E-state index contributed by atoms with van der Waals surface area (Å²) in [5, 5.41) is 8.81. The van der Waals surface area contributed by atoms with Gasteiger partial charge in [0.1, 0.15) is 10.8 Å². The average molecular weight is 440 g/mol. The summed E-state index contributed by atoms with van der Waals surface area (Å²) in [6.45, 7) is 0. The fraction of sp³-hybridized carbons (Fsp3) is 0.143. The van der Waals surface area contributed by atoms with Crippen LogP contribution < -0.4 is 4.74 Å². The molecule has 9 heteroatoms. The molecule has 0 aliphatic rings. The summed E-state index contributed by atoms with van der Waals surface area (Å²) in [4.78, 5) is 17.2. The monoisotopic (exact) mass is 439 g/mol. The van der Waals surface area contributed by atoms with Crippen molar-refractivity contribution in [2.24, 2.45) is 0 Å². The number of fused-ring (bicyclic) bond motifs is 1. The van der Waals surface area contributed by atoms with Gasteiger partial charge in [0, 0.05) is 17.1 Å². The first-order valence-corrected chi connectivity index (χ1v) is 11.5. The Kier molecular flexibility index (Phi) is 5.56. The molecule has 30 heavy (non-hydrogen) atoms. The van der Waals surface area contributed by atoms with Crippen LogP contribution in [0.5, 0.6) is 5.75 Å². The van der Waals surface area contributed by atoms with Crippen LogP contribution in [0.15, 0.2) is 65.1 Å². The van der Waals surface area contributed by atoms with Crippen molar-refractivity contribution in [1.29, 1.82) is 0 Å². The van der Waals surface area contributed by atoms with Gasteiger partial charge in [0.25, 0.3) is 0 Å². The third-order valence-corrected chi connectivity index (χ3v) is 7.53. The molecular weight excluding hydrogens is 422 g/mol. The van der Waals surface area contributed by atoms with E-state index in [2.05, 4.69) is 15.2 Å². The van der Waals surface area contributed by atoms with E-state index < -0.39 is 9.84 Å². The molecule has 0 aliphatic heterocycles. The van der Waals surface area contributed by atoms with Gasteiger partial charge in [0.15, 0.2) is 5.78 Å². The van der Waals surface area contributed by atoms with Crippen molar-refractivity contribution in [2.75, 3.05) is 7.11 Å². The van der Waals surface area contributed by atoms with E-state index in [1.54, 1.807) is 55.8 Å². The Morgan fingerprint density at radius 2 is 1.83 bits per heavy atom. The first-order chi connectivity index (χ1) is 14.5. The van der Waals surface area contributed by atoms with Crippen molar-refractivity contribution in [3.63, 3.8) is 0 Å². The normalized spacial score (nSPS) is 11.5. The fourth-order valence-electron chi connectivity index (χ4n) is 3.08. The fourth-order valence-corrected chi connectivity index (χ4v) is 5.54. The lowest BCUT2D eigenvalue weighted by Crippen LogP contribution is -2.05. The van der Waals surface area contributed by atoms with Crippen molar-refractivity contribution < 1.29 is 17.9 Å². The molecule has 152 valence electrons. The molecule has 2 heterocycles. The van der Waals surface area contributed by atoms with Crippen LogP contribution in [-0.2, 0) is 22.0 Å². The maximum Gasteiger partial charge on any atom is 0.232 e. The van der Waals surface area contributed by atoms with Crippen LogP contribution in [0.1, 0.15) is 20.9 Å². The lowest BCUT2D eigenvalue weighted by atomic mass is 10.0. The second-order valence-corrected chi connectivity index (χ2v) is 9.75. The summed E-state index contributed by atoms with van der Waals surface area (Å²) in [6.07, 6.45) is 1.52. The van der Waals surface area contributed by atoms with E-state index in [0.717, 1.165) is 16.7 Å². The molecule has 0 saturated heterocycles. The molecule has 0 saturated carbocycles. The second-order valence-electron chi connectivity index (χ2n) is 6.52. The van der Waals surface area contributed by atoms with E-state index in [1.807, 2.05) is 12.1 Å². The summed E-state index contributed by atoms with van der Waals surface area (Å²) in [6, 6.07) is 15.9. The molecule has 0 spiro atoms. The lowest BCUT2D eigenvalue weighted by molar-refractivity contribution is 0.0994. The van der Waals surface area contributed by atoms with E-state index in [4.69, 9.17) is 4.74 Å². The summed E-state index contributed by atoms with van der Waals surface area (Å²) in [7, 11) is -2.07. The van der Waals surface area contributed by atoms with Gasteiger partial charge in [-0.15, -0.1) is 10.2 Å². The Bertz CT molecular complexity index is 1320. The van der Waals surface area contributed by atoms with E-state index in [9.17, 15) is 13.2 Å². The third-order valence-electron chi connectivity index (χ3n) is 4.48. The minimum absolute atomic E-state index is 0.0590. The Morgan fingerprint density at radius 3 is 2.60 bits per heavy atom. The van der Waals surface area contributed by atoms with E-state index >= 15 is 0 Å². The molecule has 0 atom stereocenters. The number of ketones is 1. The zero-order chi connectivity index (χ0) is 21.1. The van der Waals surface area contributed by atoms with Gasteiger partial charge in [-0.05, 0) is 23.8 Å². The quantitative estimate of drug-likeness (QED) is 0.406. The van der Waals surface area contributed by atoms with Gasteiger partial charge in [-0.2, -0.15) is 0 Å². The molecule has 0 amide bonds. The van der Waals surface area contributed by atoms with Gasteiger partial charge >= 0.3 is 0 Å². The first kappa shape index (κ1) is 20.1. The number of para-hydroxylation sites is 1. The van der Waals surface area contributed by atoms with Crippen LogP contribution in [0.2, 0.25) is 0 Å². The number of rotatable bonds is 7. The topological polar surface area (TPSA) is 99.1 Å². The van der Waals surface area contributed by atoms with Gasteiger partial charge in [-0.1, -0.05) is 47.7 Å². The highest BCUT2D eigenvalue weighted by Crippen LogP contribution is 2.27. The van der Waals surface area contributed by atoms with Crippen LogP contribution in [-0.4, -0.2) is 36.5 Å². The molecule has 2 aromatic heterocycles. The first-order valence-electron chi connectivity index (χ1n) is 9.02. The highest BCUT2D eigenvalue weighted by molar-refractivity contribution is 7.92. The molecule has 0 aliphatic carbocycles. The Labute approximate surface area is 177 Å². The zero-order valence-corrected chi connectivity index (χ0v) is 17.6. The molecule has 2 aromatic carbocycles. The molecule has 4 aromatic rings. The average Bonchev–Trinajstić information content (AvgIpc) is 3.22. The minimum atomic E-state index is -3.63. The number of carbonyl (C=O) groups is 1. The smallest absolute Gasteiger partial charge is 0.232 e. The zero-order valence-electron chi connectivity index (χ0n) is 16.0. The lowest BCUT2D eigenvalue weighted by Gasteiger charge is -2.07. The van der Waals surface area contributed by atoms with Crippen LogP contribution in [0.3, 0.4) is 0 Å². The number of methoxy groups -OCH3 is 1. The summed E-state index contributed by atoms with van der Waals surface area (Å²) in [5.41, 5.74) is 1.62. The number of benzene rings is 2. The van der Waals surface area contributed by atoms with Crippen LogP contribution >= 0.6 is 11.3 Å². The summed E-state index contributed by atoms with van der Waals surface area (Å²) >= 11 is 0.919. The molecule has 7 nitrogen and oxygen atoms in total. The third kappa shape index (κ3) is 4.07. The molecular formula is C21H17N3O4S2. The molecule has 0 bridgehead atoms. The maximum atomic E-state index is 12.9. The molecule has 0 radical (unpaired) electrons.